The maximum Gasteiger partial charge on any atom is 0.169 e. The first kappa shape index (κ1) is 13.8. The second-order valence-corrected chi connectivity index (χ2v) is 5.00. The number of rotatable bonds is 4. The van der Waals surface area contributed by atoms with E-state index in [2.05, 4.69) is 10.3 Å². The molecule has 4 heteroatoms. The normalized spacial score (nSPS) is 12.7. The highest BCUT2D eigenvalue weighted by Gasteiger charge is 2.21. The van der Waals surface area contributed by atoms with Crippen molar-refractivity contribution in [3.63, 3.8) is 0 Å². The van der Waals surface area contributed by atoms with Gasteiger partial charge in [0.25, 0.3) is 0 Å². The topological polar surface area (TPSA) is 38.1 Å². The Bertz CT molecular complexity index is 766. The molecule has 1 aromatic carbocycles. The molecule has 3 nitrogen and oxygen atoms in total. The van der Waals surface area contributed by atoms with Crippen LogP contribution >= 0.6 is 0 Å². The van der Waals surface area contributed by atoms with Crippen molar-refractivity contribution >= 4 is 11.0 Å². The number of para-hydroxylation sites is 1. The molecule has 0 saturated heterocycles. The average molecular weight is 284 g/mol. The summed E-state index contributed by atoms with van der Waals surface area (Å²) in [5, 5.41) is 4.12. The predicted molar refractivity (Wildman–Crippen MR) is 80.7 cm³/mol. The zero-order valence-electron chi connectivity index (χ0n) is 12.1. The standard InChI is InChI=1S/C17H17FN2O/c1-3-19-16(15-11(2)6-5-9-20-15)14-10-12-7-4-8-13(18)17(12)21-14/h4-10,16,19H,3H2,1-2H3. The number of furan rings is 1. The largest absolute Gasteiger partial charge is 0.456 e. The lowest BCUT2D eigenvalue weighted by molar-refractivity contribution is 0.459. The van der Waals surface area contributed by atoms with Gasteiger partial charge in [-0.3, -0.25) is 4.98 Å². The Balaban J connectivity index is 2.11. The number of aromatic nitrogens is 1. The van der Waals surface area contributed by atoms with Gasteiger partial charge in [-0.25, -0.2) is 4.39 Å². The summed E-state index contributed by atoms with van der Waals surface area (Å²) in [6, 6.07) is 10.5. The Morgan fingerprint density at radius 1 is 1.29 bits per heavy atom. The molecule has 108 valence electrons. The molecule has 1 unspecified atom stereocenters. The fourth-order valence-corrected chi connectivity index (χ4v) is 2.53. The third kappa shape index (κ3) is 2.54. The Morgan fingerprint density at radius 2 is 2.14 bits per heavy atom. The monoisotopic (exact) mass is 284 g/mol. The molecule has 3 rings (SSSR count). The van der Waals surface area contributed by atoms with E-state index in [0.717, 1.165) is 23.2 Å². The summed E-state index contributed by atoms with van der Waals surface area (Å²) in [6.07, 6.45) is 1.76. The van der Waals surface area contributed by atoms with E-state index in [1.807, 2.05) is 38.1 Å². The van der Waals surface area contributed by atoms with Crippen molar-refractivity contribution in [3.05, 3.63) is 65.4 Å². The molecule has 0 fully saturated rings. The molecule has 0 bridgehead atoms. The first-order chi connectivity index (χ1) is 10.2. The minimum atomic E-state index is -0.341. The third-order valence-corrected chi connectivity index (χ3v) is 3.53. The van der Waals surface area contributed by atoms with Crippen LogP contribution in [0.3, 0.4) is 0 Å². The van der Waals surface area contributed by atoms with Crippen LogP contribution in [0.5, 0.6) is 0 Å². The maximum absolute atomic E-state index is 13.8. The van der Waals surface area contributed by atoms with Gasteiger partial charge in [0.1, 0.15) is 11.8 Å². The van der Waals surface area contributed by atoms with E-state index in [0.29, 0.717) is 11.3 Å². The van der Waals surface area contributed by atoms with E-state index in [1.165, 1.54) is 6.07 Å². The summed E-state index contributed by atoms with van der Waals surface area (Å²) in [5.74, 6) is 0.338. The Labute approximate surface area is 122 Å². The molecule has 1 N–H and O–H groups in total. The molecule has 2 heterocycles. The van der Waals surface area contributed by atoms with Crippen molar-refractivity contribution < 1.29 is 8.81 Å². The van der Waals surface area contributed by atoms with Crippen molar-refractivity contribution in [2.75, 3.05) is 6.54 Å². The smallest absolute Gasteiger partial charge is 0.169 e. The van der Waals surface area contributed by atoms with E-state index in [1.54, 1.807) is 12.3 Å². The van der Waals surface area contributed by atoms with Crippen LogP contribution in [0, 0.1) is 12.7 Å². The Hall–Kier alpha value is -2.20. The second kappa shape index (κ2) is 5.66. The molecule has 0 radical (unpaired) electrons. The molecule has 21 heavy (non-hydrogen) atoms. The summed E-state index contributed by atoms with van der Waals surface area (Å²) in [4.78, 5) is 4.45. The van der Waals surface area contributed by atoms with Crippen molar-refractivity contribution in [1.82, 2.24) is 10.3 Å². The highest BCUT2D eigenvalue weighted by molar-refractivity contribution is 5.78. The lowest BCUT2D eigenvalue weighted by atomic mass is 10.1. The minimum absolute atomic E-state index is 0.178. The third-order valence-electron chi connectivity index (χ3n) is 3.53. The van der Waals surface area contributed by atoms with Crippen LogP contribution in [0.2, 0.25) is 0 Å². The molecule has 0 aliphatic heterocycles. The van der Waals surface area contributed by atoms with E-state index in [9.17, 15) is 4.39 Å². The summed E-state index contributed by atoms with van der Waals surface area (Å²) in [6.45, 7) is 4.80. The zero-order valence-corrected chi connectivity index (χ0v) is 12.1. The van der Waals surface area contributed by atoms with Gasteiger partial charge in [-0.05, 0) is 37.2 Å². The first-order valence-electron chi connectivity index (χ1n) is 7.03. The van der Waals surface area contributed by atoms with Crippen LogP contribution < -0.4 is 5.32 Å². The number of halogens is 1. The molecule has 0 spiro atoms. The predicted octanol–water partition coefficient (Wildman–Crippen LogP) is 3.97. The SMILES string of the molecule is CCNC(c1cc2cccc(F)c2o1)c1ncccc1C. The lowest BCUT2D eigenvalue weighted by Gasteiger charge is -2.16. The van der Waals surface area contributed by atoms with Crippen molar-refractivity contribution in [2.45, 2.75) is 19.9 Å². The van der Waals surface area contributed by atoms with Crippen molar-refractivity contribution in [1.29, 1.82) is 0 Å². The van der Waals surface area contributed by atoms with Gasteiger partial charge in [-0.15, -0.1) is 0 Å². The number of fused-ring (bicyclic) bond motifs is 1. The van der Waals surface area contributed by atoms with E-state index in [-0.39, 0.29) is 11.9 Å². The number of aryl methyl sites for hydroxylation is 1. The van der Waals surface area contributed by atoms with E-state index >= 15 is 0 Å². The number of nitrogens with one attached hydrogen (secondary N) is 1. The van der Waals surface area contributed by atoms with Crippen LogP contribution in [0.4, 0.5) is 4.39 Å². The molecule has 1 atom stereocenters. The summed E-state index contributed by atoms with van der Waals surface area (Å²) >= 11 is 0. The van der Waals surface area contributed by atoms with Gasteiger partial charge >= 0.3 is 0 Å². The highest BCUT2D eigenvalue weighted by atomic mass is 19.1. The van der Waals surface area contributed by atoms with Crippen LogP contribution in [0.1, 0.15) is 30.0 Å². The van der Waals surface area contributed by atoms with Gasteiger partial charge in [-0.2, -0.15) is 0 Å². The van der Waals surface area contributed by atoms with Crippen LogP contribution in [-0.4, -0.2) is 11.5 Å². The molecule has 0 aliphatic rings. The molecule has 2 aromatic heterocycles. The molecule has 3 aromatic rings. The first-order valence-corrected chi connectivity index (χ1v) is 7.03. The maximum atomic E-state index is 13.8. The molecule has 0 saturated carbocycles. The Morgan fingerprint density at radius 3 is 2.86 bits per heavy atom. The summed E-state index contributed by atoms with van der Waals surface area (Å²) in [5.41, 5.74) is 2.27. The fourth-order valence-electron chi connectivity index (χ4n) is 2.53. The number of nitrogens with zero attached hydrogens (tertiary/aromatic N) is 1. The number of benzene rings is 1. The number of hydrogen-bond acceptors (Lipinski definition) is 3. The molecule has 0 aliphatic carbocycles. The average Bonchev–Trinajstić information content (AvgIpc) is 2.91. The highest BCUT2D eigenvalue weighted by Crippen LogP contribution is 2.29. The Kier molecular flexibility index (Phi) is 3.71. The van der Waals surface area contributed by atoms with Crippen LogP contribution in [-0.2, 0) is 0 Å². The minimum Gasteiger partial charge on any atom is -0.456 e. The molecular formula is C17H17FN2O. The quantitative estimate of drug-likeness (QED) is 0.787. The van der Waals surface area contributed by atoms with Gasteiger partial charge < -0.3 is 9.73 Å². The van der Waals surface area contributed by atoms with Crippen LogP contribution in [0.15, 0.2) is 47.0 Å². The van der Waals surface area contributed by atoms with Crippen molar-refractivity contribution in [3.8, 4) is 0 Å². The van der Waals surface area contributed by atoms with Gasteiger partial charge in [0.05, 0.1) is 5.69 Å². The van der Waals surface area contributed by atoms with Gasteiger partial charge in [0.15, 0.2) is 11.4 Å². The lowest BCUT2D eigenvalue weighted by Crippen LogP contribution is -2.23. The van der Waals surface area contributed by atoms with Crippen molar-refractivity contribution in [2.24, 2.45) is 0 Å². The fraction of sp³-hybridized carbons (Fsp3) is 0.235. The molecule has 0 amide bonds. The summed E-state index contributed by atoms with van der Waals surface area (Å²) in [7, 11) is 0. The number of pyridine rings is 1. The van der Waals surface area contributed by atoms with Gasteiger partial charge in [0.2, 0.25) is 0 Å². The van der Waals surface area contributed by atoms with Crippen LogP contribution in [0.25, 0.3) is 11.0 Å². The summed E-state index contributed by atoms with van der Waals surface area (Å²) < 4.78 is 19.5. The van der Waals surface area contributed by atoms with E-state index < -0.39 is 0 Å². The molecular weight excluding hydrogens is 267 g/mol. The van der Waals surface area contributed by atoms with Gasteiger partial charge in [0, 0.05) is 11.6 Å². The number of hydrogen-bond donors (Lipinski definition) is 1. The zero-order chi connectivity index (χ0) is 14.8. The van der Waals surface area contributed by atoms with Gasteiger partial charge in [-0.1, -0.05) is 25.1 Å². The second-order valence-electron chi connectivity index (χ2n) is 5.00. The van der Waals surface area contributed by atoms with E-state index in [4.69, 9.17) is 4.42 Å².